The lowest BCUT2D eigenvalue weighted by molar-refractivity contribution is 0.909. The largest absolute Gasteiger partial charge is 0.369 e. The average molecular weight is 189 g/mol. The first-order valence-electron chi connectivity index (χ1n) is 3.82. The van der Waals surface area contributed by atoms with Crippen LogP contribution < -0.4 is 11.3 Å². The minimum absolute atomic E-state index is 0.0501. The molecular formula is C8H7N5O. The van der Waals surface area contributed by atoms with Crippen molar-refractivity contribution in [1.82, 2.24) is 19.5 Å². The van der Waals surface area contributed by atoms with Gasteiger partial charge in [0.05, 0.1) is 0 Å². The van der Waals surface area contributed by atoms with Crippen LogP contribution in [-0.4, -0.2) is 19.5 Å². The summed E-state index contributed by atoms with van der Waals surface area (Å²) < 4.78 is 1.54. The van der Waals surface area contributed by atoms with Crippen LogP contribution >= 0.6 is 0 Å². The molecule has 0 saturated carbocycles. The van der Waals surface area contributed by atoms with Crippen LogP contribution in [0.15, 0.2) is 4.79 Å². The van der Waals surface area contributed by atoms with Crippen LogP contribution in [0.5, 0.6) is 0 Å². The van der Waals surface area contributed by atoms with Crippen LogP contribution in [-0.2, 0) is 7.05 Å². The summed E-state index contributed by atoms with van der Waals surface area (Å²) in [5.74, 6) is 2.75. The number of nitrogens with two attached hydrogens (primary N) is 1. The molecule has 14 heavy (non-hydrogen) atoms. The molecule has 6 nitrogen and oxygen atoms in total. The molecule has 0 radical (unpaired) electrons. The zero-order chi connectivity index (χ0) is 10.3. The Kier molecular flexibility index (Phi) is 1.54. The molecule has 0 aliphatic rings. The maximum absolute atomic E-state index is 11.4. The number of hydrogen-bond acceptors (Lipinski definition) is 4. The Bertz CT molecular complexity index is 600. The molecule has 0 aliphatic heterocycles. The second-order valence-corrected chi connectivity index (χ2v) is 2.76. The Morgan fingerprint density at radius 1 is 1.57 bits per heavy atom. The summed E-state index contributed by atoms with van der Waals surface area (Å²) in [7, 11) is 1.68. The predicted octanol–water partition coefficient (Wildman–Crippen LogP) is -0.780. The van der Waals surface area contributed by atoms with Gasteiger partial charge in [0.25, 0.3) is 5.56 Å². The Morgan fingerprint density at radius 2 is 2.29 bits per heavy atom. The summed E-state index contributed by atoms with van der Waals surface area (Å²) >= 11 is 0. The molecule has 0 amide bonds. The second-order valence-electron chi connectivity index (χ2n) is 2.76. The molecule has 0 bridgehead atoms. The van der Waals surface area contributed by atoms with E-state index < -0.39 is 0 Å². The van der Waals surface area contributed by atoms with Crippen LogP contribution in [0.3, 0.4) is 0 Å². The average Bonchev–Trinajstić information content (AvgIpc) is 2.44. The fraction of sp³-hybridized carbons (Fsp3) is 0.125. The number of aromatic nitrogens is 4. The lowest BCUT2D eigenvalue weighted by atomic mass is 10.5. The van der Waals surface area contributed by atoms with Crippen molar-refractivity contribution in [2.45, 2.75) is 0 Å². The third-order valence-corrected chi connectivity index (χ3v) is 1.88. The molecule has 2 heterocycles. The van der Waals surface area contributed by atoms with Gasteiger partial charge in [0.15, 0.2) is 17.0 Å². The van der Waals surface area contributed by atoms with E-state index in [0.717, 1.165) is 0 Å². The molecule has 70 valence electrons. The number of rotatable bonds is 0. The van der Waals surface area contributed by atoms with Crippen molar-refractivity contribution in [3.8, 4) is 12.3 Å². The summed E-state index contributed by atoms with van der Waals surface area (Å²) in [5, 5.41) is 0. The molecule has 6 heteroatoms. The molecule has 3 N–H and O–H groups in total. The van der Waals surface area contributed by atoms with E-state index in [0.29, 0.717) is 11.5 Å². The smallest absolute Gasteiger partial charge is 0.280 e. The van der Waals surface area contributed by atoms with Crippen molar-refractivity contribution in [2.75, 3.05) is 5.73 Å². The van der Waals surface area contributed by atoms with Gasteiger partial charge in [-0.3, -0.25) is 9.78 Å². The van der Waals surface area contributed by atoms with E-state index in [9.17, 15) is 4.79 Å². The highest BCUT2D eigenvalue weighted by molar-refractivity contribution is 5.72. The monoisotopic (exact) mass is 189 g/mol. The standard InChI is InChI=1S/C8H7N5O/c1-3-4-10-5-6(13(4)2)11-8(9)12-7(5)14/h1H,2H3,(H3,9,11,12,14). The summed E-state index contributed by atoms with van der Waals surface area (Å²) in [4.78, 5) is 21.6. The molecule has 0 unspecified atom stereocenters. The van der Waals surface area contributed by atoms with E-state index >= 15 is 0 Å². The quantitative estimate of drug-likeness (QED) is 0.532. The van der Waals surface area contributed by atoms with Gasteiger partial charge in [-0.1, -0.05) is 0 Å². The molecular weight excluding hydrogens is 182 g/mol. The van der Waals surface area contributed by atoms with Crippen LogP contribution in [0.2, 0.25) is 0 Å². The van der Waals surface area contributed by atoms with E-state index in [4.69, 9.17) is 12.2 Å². The van der Waals surface area contributed by atoms with Crippen LogP contribution in [0.4, 0.5) is 5.95 Å². The Labute approximate surface area is 78.8 Å². The van der Waals surface area contributed by atoms with Gasteiger partial charge in [-0.05, 0) is 5.92 Å². The number of hydrogen-bond donors (Lipinski definition) is 2. The lowest BCUT2D eigenvalue weighted by Gasteiger charge is -1.95. The van der Waals surface area contributed by atoms with Gasteiger partial charge in [-0.15, -0.1) is 6.42 Å². The molecule has 2 aromatic rings. The SMILES string of the molecule is C#Cc1nc2c(=O)[nH]c(N)nc2n1C. The highest BCUT2D eigenvalue weighted by atomic mass is 16.1. The highest BCUT2D eigenvalue weighted by Crippen LogP contribution is 2.07. The van der Waals surface area contributed by atoms with Crippen molar-refractivity contribution in [3.63, 3.8) is 0 Å². The van der Waals surface area contributed by atoms with Gasteiger partial charge in [0, 0.05) is 7.05 Å². The molecule has 2 aromatic heterocycles. The summed E-state index contributed by atoms with van der Waals surface area (Å²) in [6.07, 6.45) is 5.20. The van der Waals surface area contributed by atoms with E-state index in [1.807, 2.05) is 0 Å². The van der Waals surface area contributed by atoms with E-state index in [2.05, 4.69) is 20.9 Å². The van der Waals surface area contributed by atoms with E-state index in [1.54, 1.807) is 11.6 Å². The second kappa shape index (κ2) is 2.60. The van der Waals surface area contributed by atoms with Crippen molar-refractivity contribution in [2.24, 2.45) is 7.05 Å². The minimum atomic E-state index is -0.385. The third kappa shape index (κ3) is 0.959. The molecule has 0 aromatic carbocycles. The number of nitrogens with one attached hydrogen (secondary N) is 1. The predicted molar refractivity (Wildman–Crippen MR) is 51.5 cm³/mol. The Hall–Kier alpha value is -2.29. The van der Waals surface area contributed by atoms with Crippen LogP contribution in [0.1, 0.15) is 5.82 Å². The molecule has 0 atom stereocenters. The number of nitrogen functional groups attached to an aromatic ring is 1. The van der Waals surface area contributed by atoms with Gasteiger partial charge in [-0.2, -0.15) is 4.98 Å². The van der Waals surface area contributed by atoms with Crippen molar-refractivity contribution in [1.29, 1.82) is 0 Å². The van der Waals surface area contributed by atoms with E-state index in [1.165, 1.54) is 0 Å². The summed E-state index contributed by atoms with van der Waals surface area (Å²) in [6.45, 7) is 0. The van der Waals surface area contributed by atoms with E-state index in [-0.39, 0.29) is 17.0 Å². The van der Waals surface area contributed by atoms with Crippen molar-refractivity contribution >= 4 is 17.1 Å². The van der Waals surface area contributed by atoms with Gasteiger partial charge >= 0.3 is 0 Å². The number of nitrogens with zero attached hydrogens (tertiary/aromatic N) is 3. The van der Waals surface area contributed by atoms with Gasteiger partial charge in [0.1, 0.15) is 0 Å². The first-order chi connectivity index (χ1) is 6.63. The lowest BCUT2D eigenvalue weighted by Crippen LogP contribution is -2.11. The summed E-state index contributed by atoms with van der Waals surface area (Å²) in [6, 6.07) is 0. The van der Waals surface area contributed by atoms with Gasteiger partial charge in [0.2, 0.25) is 5.95 Å². The third-order valence-electron chi connectivity index (χ3n) is 1.88. The van der Waals surface area contributed by atoms with Gasteiger partial charge < -0.3 is 10.3 Å². The molecule has 2 rings (SSSR count). The van der Waals surface area contributed by atoms with Crippen molar-refractivity contribution < 1.29 is 0 Å². The fourth-order valence-corrected chi connectivity index (χ4v) is 1.22. The number of terminal acetylenes is 1. The summed E-state index contributed by atoms with van der Waals surface area (Å²) in [5.41, 5.74) is 5.59. The molecule has 0 fully saturated rings. The number of aromatic amines is 1. The van der Waals surface area contributed by atoms with Gasteiger partial charge in [-0.25, -0.2) is 4.98 Å². The Balaban J connectivity index is 3.01. The number of imidazole rings is 1. The minimum Gasteiger partial charge on any atom is -0.369 e. The topological polar surface area (TPSA) is 89.6 Å². The zero-order valence-corrected chi connectivity index (χ0v) is 7.40. The van der Waals surface area contributed by atoms with Crippen molar-refractivity contribution in [3.05, 3.63) is 16.2 Å². The van der Waals surface area contributed by atoms with Crippen LogP contribution in [0.25, 0.3) is 11.2 Å². The first kappa shape index (κ1) is 8.31. The number of aryl methyl sites for hydroxylation is 1. The number of anilines is 1. The fourth-order valence-electron chi connectivity index (χ4n) is 1.22. The van der Waals surface area contributed by atoms with Crippen LogP contribution in [0, 0.1) is 12.3 Å². The Morgan fingerprint density at radius 3 is 2.93 bits per heavy atom. The maximum Gasteiger partial charge on any atom is 0.280 e. The molecule has 0 aliphatic carbocycles. The highest BCUT2D eigenvalue weighted by Gasteiger charge is 2.10. The number of fused-ring (bicyclic) bond motifs is 1. The number of H-pyrrole nitrogens is 1. The zero-order valence-electron chi connectivity index (χ0n) is 7.40. The normalized spacial score (nSPS) is 10.3. The molecule has 0 saturated heterocycles. The molecule has 0 spiro atoms. The maximum atomic E-state index is 11.4. The first-order valence-corrected chi connectivity index (χ1v) is 3.82.